The molecule has 0 aliphatic carbocycles. The molecule has 150 valence electrons. The number of piperidine rings is 1. The van der Waals surface area contributed by atoms with Gasteiger partial charge in [0.05, 0.1) is 6.54 Å². The first-order valence-corrected chi connectivity index (χ1v) is 10.6. The van der Waals surface area contributed by atoms with Crippen LogP contribution in [0.3, 0.4) is 0 Å². The second-order valence-corrected chi connectivity index (χ2v) is 7.72. The average molecular weight is 379 g/mol. The lowest BCUT2D eigenvalue weighted by molar-refractivity contribution is 0.220. The number of likely N-dealkylation sites (tertiary alicyclic amines) is 1. The van der Waals surface area contributed by atoms with Gasteiger partial charge in [0, 0.05) is 19.0 Å². The molecular formula is C24H34N4. The van der Waals surface area contributed by atoms with Crippen molar-refractivity contribution < 1.29 is 0 Å². The van der Waals surface area contributed by atoms with Crippen LogP contribution in [0.15, 0.2) is 65.7 Å². The first kappa shape index (κ1) is 20.4. The smallest absolute Gasteiger partial charge is 0.191 e. The molecule has 0 amide bonds. The van der Waals surface area contributed by atoms with Crippen molar-refractivity contribution in [1.82, 2.24) is 15.5 Å². The highest BCUT2D eigenvalue weighted by Gasteiger charge is 2.17. The molecule has 1 saturated heterocycles. The Balaban J connectivity index is 1.67. The van der Waals surface area contributed by atoms with E-state index in [0.29, 0.717) is 0 Å². The van der Waals surface area contributed by atoms with Gasteiger partial charge in [-0.3, -0.25) is 4.99 Å². The predicted octanol–water partition coefficient (Wildman–Crippen LogP) is 3.72. The number of aliphatic imine (C=N–C) groups is 1. The minimum Gasteiger partial charge on any atom is -0.357 e. The summed E-state index contributed by atoms with van der Waals surface area (Å²) >= 11 is 0. The molecule has 0 aromatic heterocycles. The lowest BCUT2D eigenvalue weighted by Crippen LogP contribution is -2.42. The molecule has 0 spiro atoms. The highest BCUT2D eigenvalue weighted by atomic mass is 15.2. The molecular weight excluding hydrogens is 344 g/mol. The van der Waals surface area contributed by atoms with Crippen molar-refractivity contribution in [3.8, 4) is 0 Å². The molecule has 0 unspecified atom stereocenters. The van der Waals surface area contributed by atoms with Gasteiger partial charge < -0.3 is 15.5 Å². The van der Waals surface area contributed by atoms with Gasteiger partial charge in [-0.1, -0.05) is 60.7 Å². The van der Waals surface area contributed by atoms with E-state index in [1.807, 2.05) is 0 Å². The van der Waals surface area contributed by atoms with Crippen LogP contribution in [0.2, 0.25) is 0 Å². The minimum absolute atomic E-state index is 0.265. The van der Waals surface area contributed by atoms with Gasteiger partial charge in [0.1, 0.15) is 0 Å². The number of hydrogen-bond donors (Lipinski definition) is 2. The van der Waals surface area contributed by atoms with E-state index in [1.165, 1.54) is 37.1 Å². The first-order valence-electron chi connectivity index (χ1n) is 10.6. The second kappa shape index (κ2) is 10.9. The standard InChI is InChI=1S/C24H34N4/c1-3-25-24(26-18-20-14-16-28(2)17-15-20)27-19-23(21-10-6-4-7-11-21)22-12-8-5-9-13-22/h4-13,20,23H,3,14-19H2,1-2H3,(H2,25,26,27). The third-order valence-corrected chi connectivity index (χ3v) is 5.58. The highest BCUT2D eigenvalue weighted by molar-refractivity contribution is 5.79. The molecule has 3 rings (SSSR count). The Morgan fingerprint density at radius 3 is 2.07 bits per heavy atom. The zero-order valence-electron chi connectivity index (χ0n) is 17.3. The fraction of sp³-hybridized carbons (Fsp3) is 0.458. The molecule has 2 aromatic rings. The third-order valence-electron chi connectivity index (χ3n) is 5.58. The lowest BCUT2D eigenvalue weighted by atomic mass is 9.91. The van der Waals surface area contributed by atoms with E-state index in [2.05, 4.69) is 90.2 Å². The number of hydrogen-bond acceptors (Lipinski definition) is 2. The molecule has 2 N–H and O–H groups in total. The van der Waals surface area contributed by atoms with Crippen molar-refractivity contribution in [3.63, 3.8) is 0 Å². The van der Waals surface area contributed by atoms with Crippen LogP contribution in [0, 0.1) is 5.92 Å². The fourth-order valence-electron chi connectivity index (χ4n) is 3.81. The summed E-state index contributed by atoms with van der Waals surface area (Å²) in [7, 11) is 2.21. The lowest BCUT2D eigenvalue weighted by Gasteiger charge is -2.29. The number of rotatable bonds is 7. The van der Waals surface area contributed by atoms with Crippen molar-refractivity contribution in [3.05, 3.63) is 71.8 Å². The maximum Gasteiger partial charge on any atom is 0.191 e. The molecule has 4 heteroatoms. The van der Waals surface area contributed by atoms with E-state index in [-0.39, 0.29) is 5.92 Å². The summed E-state index contributed by atoms with van der Waals surface area (Å²) in [5.41, 5.74) is 2.62. The van der Waals surface area contributed by atoms with Gasteiger partial charge in [0.25, 0.3) is 0 Å². The SMILES string of the molecule is CCNC(=NCC(c1ccccc1)c1ccccc1)NCC1CCN(C)CC1. The Morgan fingerprint density at radius 2 is 1.54 bits per heavy atom. The largest absolute Gasteiger partial charge is 0.357 e. The van der Waals surface area contributed by atoms with E-state index in [4.69, 9.17) is 4.99 Å². The van der Waals surface area contributed by atoms with Crippen LogP contribution in [0.1, 0.15) is 36.8 Å². The van der Waals surface area contributed by atoms with Crippen LogP contribution in [0.4, 0.5) is 0 Å². The van der Waals surface area contributed by atoms with Crippen molar-refractivity contribution in [2.75, 3.05) is 39.8 Å². The van der Waals surface area contributed by atoms with Gasteiger partial charge in [-0.05, 0) is 56.9 Å². The fourth-order valence-corrected chi connectivity index (χ4v) is 3.81. The van der Waals surface area contributed by atoms with E-state index in [9.17, 15) is 0 Å². The van der Waals surface area contributed by atoms with Gasteiger partial charge in [0.2, 0.25) is 0 Å². The second-order valence-electron chi connectivity index (χ2n) is 7.72. The van der Waals surface area contributed by atoms with Crippen molar-refractivity contribution >= 4 is 5.96 Å². The Labute approximate surface area is 170 Å². The van der Waals surface area contributed by atoms with Crippen LogP contribution in [0.25, 0.3) is 0 Å². The maximum atomic E-state index is 4.95. The maximum absolute atomic E-state index is 4.95. The summed E-state index contributed by atoms with van der Waals surface area (Å²) in [6, 6.07) is 21.4. The topological polar surface area (TPSA) is 39.7 Å². The van der Waals surface area contributed by atoms with Crippen LogP contribution in [-0.4, -0.2) is 50.6 Å². The summed E-state index contributed by atoms with van der Waals surface area (Å²) in [5, 5.41) is 7.00. The average Bonchev–Trinajstić information content (AvgIpc) is 2.75. The molecule has 0 radical (unpaired) electrons. The molecule has 0 bridgehead atoms. The number of nitrogens with one attached hydrogen (secondary N) is 2. The van der Waals surface area contributed by atoms with Crippen molar-refractivity contribution in [1.29, 1.82) is 0 Å². The molecule has 2 aromatic carbocycles. The molecule has 1 fully saturated rings. The van der Waals surface area contributed by atoms with E-state index in [0.717, 1.165) is 31.5 Å². The summed E-state index contributed by atoms with van der Waals surface area (Å²) in [4.78, 5) is 7.37. The highest BCUT2D eigenvalue weighted by Crippen LogP contribution is 2.24. The molecule has 1 heterocycles. The quantitative estimate of drug-likeness (QED) is 0.570. The first-order chi connectivity index (χ1) is 13.8. The monoisotopic (exact) mass is 378 g/mol. The molecule has 0 atom stereocenters. The molecule has 28 heavy (non-hydrogen) atoms. The Morgan fingerprint density at radius 1 is 0.964 bits per heavy atom. The van der Waals surface area contributed by atoms with Crippen LogP contribution < -0.4 is 10.6 Å². The van der Waals surface area contributed by atoms with Crippen LogP contribution >= 0.6 is 0 Å². The summed E-state index contributed by atoms with van der Waals surface area (Å²) in [6.45, 7) is 7.13. The van der Waals surface area contributed by atoms with Gasteiger partial charge in [-0.25, -0.2) is 0 Å². The Bertz CT molecular complexity index is 666. The van der Waals surface area contributed by atoms with Gasteiger partial charge in [0.15, 0.2) is 5.96 Å². The van der Waals surface area contributed by atoms with E-state index in [1.54, 1.807) is 0 Å². The zero-order chi connectivity index (χ0) is 19.6. The van der Waals surface area contributed by atoms with Gasteiger partial charge in [-0.2, -0.15) is 0 Å². The summed E-state index contributed by atoms with van der Waals surface area (Å²) in [6.07, 6.45) is 2.53. The summed E-state index contributed by atoms with van der Waals surface area (Å²) < 4.78 is 0. The van der Waals surface area contributed by atoms with E-state index < -0.39 is 0 Å². The van der Waals surface area contributed by atoms with Crippen molar-refractivity contribution in [2.24, 2.45) is 10.9 Å². The van der Waals surface area contributed by atoms with Gasteiger partial charge >= 0.3 is 0 Å². The molecule has 1 aliphatic rings. The predicted molar refractivity (Wildman–Crippen MR) is 119 cm³/mol. The molecule has 1 aliphatic heterocycles. The van der Waals surface area contributed by atoms with E-state index >= 15 is 0 Å². The number of guanidine groups is 1. The summed E-state index contributed by atoms with van der Waals surface area (Å²) in [5.74, 6) is 1.93. The molecule has 0 saturated carbocycles. The number of nitrogens with zero attached hydrogens (tertiary/aromatic N) is 2. The Kier molecular flexibility index (Phi) is 7.92. The van der Waals surface area contributed by atoms with Crippen LogP contribution in [-0.2, 0) is 0 Å². The third kappa shape index (κ3) is 6.10. The van der Waals surface area contributed by atoms with Gasteiger partial charge in [-0.15, -0.1) is 0 Å². The Hall–Kier alpha value is -2.33. The van der Waals surface area contributed by atoms with Crippen molar-refractivity contribution in [2.45, 2.75) is 25.7 Å². The zero-order valence-corrected chi connectivity index (χ0v) is 17.3. The minimum atomic E-state index is 0.265. The normalized spacial score (nSPS) is 16.3. The van der Waals surface area contributed by atoms with Crippen LogP contribution in [0.5, 0.6) is 0 Å². The number of benzene rings is 2. The molecule has 4 nitrogen and oxygen atoms in total.